The molecule has 106 valence electrons. The molecule has 1 N–H and O–H groups in total. The summed E-state index contributed by atoms with van der Waals surface area (Å²) in [5, 5.41) is 3.29. The van der Waals surface area contributed by atoms with Crippen molar-refractivity contribution in [2.45, 2.75) is 25.8 Å². The van der Waals surface area contributed by atoms with E-state index >= 15 is 0 Å². The number of rotatable bonds is 5. The first-order valence-electron chi connectivity index (χ1n) is 6.67. The number of anilines is 2. The van der Waals surface area contributed by atoms with Crippen LogP contribution in [0, 0.1) is 0 Å². The summed E-state index contributed by atoms with van der Waals surface area (Å²) in [5.74, 6) is 1.15. The van der Waals surface area contributed by atoms with Gasteiger partial charge in [0.25, 0.3) is 0 Å². The number of likely N-dealkylation sites (N-methyl/N-ethyl adjacent to an activating group) is 2. The summed E-state index contributed by atoms with van der Waals surface area (Å²) in [5.41, 5.74) is 0. The van der Waals surface area contributed by atoms with Crippen molar-refractivity contribution in [3.8, 4) is 0 Å². The van der Waals surface area contributed by atoms with E-state index in [1.807, 2.05) is 18.9 Å². The van der Waals surface area contributed by atoms with Crippen LogP contribution >= 0.6 is 11.6 Å². The number of aromatic nitrogens is 3. The standard InChI is InChI=1S/C12H21ClN6/c1-4-14-11-15-10(13)16-12(17-11)19(3)8-9-6-5-7-18(9)2/h9H,4-8H2,1-3H3,(H,14,15,16,17). The van der Waals surface area contributed by atoms with Crippen LogP contribution in [0.25, 0.3) is 0 Å². The predicted octanol–water partition coefficient (Wildman–Crippen LogP) is 1.49. The zero-order chi connectivity index (χ0) is 13.8. The summed E-state index contributed by atoms with van der Waals surface area (Å²) in [6, 6.07) is 0.558. The minimum atomic E-state index is 0.229. The van der Waals surface area contributed by atoms with Gasteiger partial charge in [-0.2, -0.15) is 15.0 Å². The van der Waals surface area contributed by atoms with Crippen LogP contribution in [0.15, 0.2) is 0 Å². The summed E-state index contributed by atoms with van der Waals surface area (Å²) in [6.07, 6.45) is 2.48. The Morgan fingerprint density at radius 1 is 1.42 bits per heavy atom. The van der Waals surface area contributed by atoms with Crippen molar-refractivity contribution in [3.63, 3.8) is 0 Å². The molecule has 1 aliphatic rings. The molecule has 1 aromatic rings. The zero-order valence-corrected chi connectivity index (χ0v) is 12.5. The predicted molar refractivity (Wildman–Crippen MR) is 77.9 cm³/mol. The Morgan fingerprint density at radius 2 is 2.21 bits per heavy atom. The molecule has 7 heteroatoms. The second-order valence-electron chi connectivity index (χ2n) is 4.92. The number of hydrogen-bond donors (Lipinski definition) is 1. The third kappa shape index (κ3) is 3.67. The van der Waals surface area contributed by atoms with Gasteiger partial charge in [0.05, 0.1) is 0 Å². The Labute approximate surface area is 119 Å². The van der Waals surface area contributed by atoms with Gasteiger partial charge in [0.15, 0.2) is 0 Å². The van der Waals surface area contributed by atoms with Crippen molar-refractivity contribution < 1.29 is 0 Å². The number of likely N-dealkylation sites (tertiary alicyclic amines) is 1. The molecule has 6 nitrogen and oxygen atoms in total. The van der Waals surface area contributed by atoms with Crippen LogP contribution in [0.1, 0.15) is 19.8 Å². The number of nitrogens with one attached hydrogen (secondary N) is 1. The normalized spacial score (nSPS) is 19.7. The van der Waals surface area contributed by atoms with Gasteiger partial charge in [-0.15, -0.1) is 0 Å². The molecule has 1 fully saturated rings. The maximum Gasteiger partial charge on any atom is 0.231 e. The van der Waals surface area contributed by atoms with Crippen molar-refractivity contribution in [1.82, 2.24) is 19.9 Å². The molecule has 0 radical (unpaired) electrons. The first-order chi connectivity index (χ1) is 9.10. The highest BCUT2D eigenvalue weighted by Crippen LogP contribution is 2.18. The Kier molecular flexibility index (Phi) is 4.76. The minimum absolute atomic E-state index is 0.229. The maximum atomic E-state index is 5.94. The fraction of sp³-hybridized carbons (Fsp3) is 0.750. The number of halogens is 1. The van der Waals surface area contributed by atoms with Gasteiger partial charge < -0.3 is 15.1 Å². The average Bonchev–Trinajstić information content (AvgIpc) is 2.75. The minimum Gasteiger partial charge on any atom is -0.354 e. The fourth-order valence-corrected chi connectivity index (χ4v) is 2.51. The van der Waals surface area contributed by atoms with Gasteiger partial charge in [0.2, 0.25) is 17.2 Å². The van der Waals surface area contributed by atoms with Crippen LogP contribution in [0.5, 0.6) is 0 Å². The largest absolute Gasteiger partial charge is 0.354 e. The Hall–Kier alpha value is -1.14. The molecule has 19 heavy (non-hydrogen) atoms. The molecule has 1 aliphatic heterocycles. The lowest BCUT2D eigenvalue weighted by atomic mass is 10.2. The molecule has 2 rings (SSSR count). The van der Waals surface area contributed by atoms with Crippen molar-refractivity contribution in [2.75, 3.05) is 43.9 Å². The Morgan fingerprint density at radius 3 is 2.84 bits per heavy atom. The molecule has 0 bridgehead atoms. The first kappa shape index (κ1) is 14.3. The smallest absolute Gasteiger partial charge is 0.231 e. The van der Waals surface area contributed by atoms with Crippen molar-refractivity contribution >= 4 is 23.5 Å². The Bertz CT molecular complexity index is 427. The molecule has 1 saturated heterocycles. The molecular formula is C12H21ClN6. The van der Waals surface area contributed by atoms with E-state index in [-0.39, 0.29) is 5.28 Å². The van der Waals surface area contributed by atoms with Gasteiger partial charge >= 0.3 is 0 Å². The molecule has 0 aliphatic carbocycles. The summed E-state index contributed by atoms with van der Waals surface area (Å²) < 4.78 is 0. The zero-order valence-electron chi connectivity index (χ0n) is 11.7. The van der Waals surface area contributed by atoms with E-state index in [2.05, 4.69) is 32.2 Å². The number of hydrogen-bond acceptors (Lipinski definition) is 6. The van der Waals surface area contributed by atoms with Crippen molar-refractivity contribution in [2.24, 2.45) is 0 Å². The lowest BCUT2D eigenvalue weighted by Crippen LogP contribution is -2.37. The van der Waals surface area contributed by atoms with Crippen molar-refractivity contribution in [1.29, 1.82) is 0 Å². The molecule has 0 amide bonds. The van der Waals surface area contributed by atoms with Crippen molar-refractivity contribution in [3.05, 3.63) is 5.28 Å². The quantitative estimate of drug-likeness (QED) is 0.884. The van der Waals surface area contributed by atoms with Crippen LogP contribution in [0.3, 0.4) is 0 Å². The van der Waals surface area contributed by atoms with E-state index in [4.69, 9.17) is 11.6 Å². The van der Waals surface area contributed by atoms with Crippen LogP contribution in [-0.4, -0.2) is 59.6 Å². The highest BCUT2D eigenvalue weighted by Gasteiger charge is 2.23. The van der Waals surface area contributed by atoms with Gasteiger partial charge in [0.1, 0.15) is 0 Å². The van der Waals surface area contributed by atoms with E-state index in [1.165, 1.54) is 19.4 Å². The van der Waals surface area contributed by atoms with Crippen LogP contribution in [-0.2, 0) is 0 Å². The van der Waals surface area contributed by atoms with E-state index in [0.717, 1.165) is 13.1 Å². The SMILES string of the molecule is CCNc1nc(Cl)nc(N(C)CC2CCCN2C)n1. The second kappa shape index (κ2) is 6.34. The van der Waals surface area contributed by atoms with Gasteiger partial charge in [-0.3, -0.25) is 0 Å². The number of nitrogens with zero attached hydrogens (tertiary/aromatic N) is 5. The van der Waals surface area contributed by atoms with Crippen LogP contribution in [0.2, 0.25) is 5.28 Å². The van der Waals surface area contributed by atoms with Crippen LogP contribution in [0.4, 0.5) is 11.9 Å². The summed E-state index contributed by atoms with van der Waals surface area (Å²) in [4.78, 5) is 17.0. The molecule has 1 aromatic heterocycles. The summed E-state index contributed by atoms with van der Waals surface area (Å²) in [6.45, 7) is 4.82. The Balaban J connectivity index is 2.07. The van der Waals surface area contributed by atoms with Gasteiger partial charge in [-0.25, -0.2) is 0 Å². The maximum absolute atomic E-state index is 5.94. The summed E-state index contributed by atoms with van der Waals surface area (Å²) >= 11 is 5.94. The third-order valence-corrected chi connectivity index (χ3v) is 3.60. The van der Waals surface area contributed by atoms with Gasteiger partial charge in [-0.05, 0) is 45.0 Å². The van der Waals surface area contributed by atoms with Gasteiger partial charge in [0, 0.05) is 26.2 Å². The monoisotopic (exact) mass is 284 g/mol. The third-order valence-electron chi connectivity index (χ3n) is 3.43. The van der Waals surface area contributed by atoms with E-state index in [0.29, 0.717) is 17.9 Å². The first-order valence-corrected chi connectivity index (χ1v) is 7.04. The molecule has 2 heterocycles. The molecule has 1 atom stereocenters. The molecular weight excluding hydrogens is 264 g/mol. The highest BCUT2D eigenvalue weighted by atomic mass is 35.5. The van der Waals surface area contributed by atoms with E-state index in [1.54, 1.807) is 0 Å². The molecule has 0 spiro atoms. The van der Waals surface area contributed by atoms with E-state index in [9.17, 15) is 0 Å². The molecule has 0 saturated carbocycles. The molecule has 0 aromatic carbocycles. The summed E-state index contributed by atoms with van der Waals surface area (Å²) in [7, 11) is 4.16. The van der Waals surface area contributed by atoms with Crippen LogP contribution < -0.4 is 10.2 Å². The topological polar surface area (TPSA) is 57.2 Å². The fourth-order valence-electron chi connectivity index (χ4n) is 2.36. The molecule has 1 unspecified atom stereocenters. The van der Waals surface area contributed by atoms with E-state index < -0.39 is 0 Å². The average molecular weight is 285 g/mol. The lowest BCUT2D eigenvalue weighted by Gasteiger charge is -2.25. The highest BCUT2D eigenvalue weighted by molar-refractivity contribution is 6.28. The van der Waals surface area contributed by atoms with Gasteiger partial charge in [-0.1, -0.05) is 0 Å². The lowest BCUT2D eigenvalue weighted by molar-refractivity contribution is 0.313. The second-order valence-corrected chi connectivity index (χ2v) is 5.25.